The fourth-order valence-electron chi connectivity index (χ4n) is 1.83. The lowest BCUT2D eigenvalue weighted by atomic mass is 10.1. The first-order valence-electron chi connectivity index (χ1n) is 5.99. The average molecular weight is 411 g/mol. The van der Waals surface area contributed by atoms with E-state index < -0.39 is 0 Å². The summed E-state index contributed by atoms with van der Waals surface area (Å²) in [6, 6.07) is 7.05. The molecule has 0 aliphatic rings. The topological polar surface area (TPSA) is 72.0 Å². The molecule has 3 rings (SSSR count). The van der Waals surface area contributed by atoms with Gasteiger partial charge in [0.2, 0.25) is 5.82 Å². The molecule has 0 atom stereocenters. The molecular weight excluding hydrogens is 402 g/mol. The summed E-state index contributed by atoms with van der Waals surface area (Å²) < 4.78 is 6.83. The molecule has 0 bridgehead atoms. The molecule has 1 N–H and O–H groups in total. The summed E-state index contributed by atoms with van der Waals surface area (Å²) in [6.45, 7) is 1.92. The fourth-order valence-corrected chi connectivity index (χ4v) is 2.99. The van der Waals surface area contributed by atoms with E-state index in [0.29, 0.717) is 17.1 Å². The van der Waals surface area contributed by atoms with Gasteiger partial charge in [0.25, 0.3) is 5.89 Å². The van der Waals surface area contributed by atoms with Crippen molar-refractivity contribution in [2.24, 2.45) is 0 Å². The number of hydrogen-bond donors (Lipinski definition) is 1. The molecule has 0 amide bonds. The zero-order valence-electron chi connectivity index (χ0n) is 10.8. The Labute approximate surface area is 137 Å². The van der Waals surface area contributed by atoms with E-state index in [2.05, 4.69) is 47.0 Å². The lowest BCUT2D eigenvalue weighted by molar-refractivity contribution is 0.425. The molecule has 5 nitrogen and oxygen atoms in total. The Kier molecular flexibility index (Phi) is 3.77. The molecule has 21 heavy (non-hydrogen) atoms. The highest BCUT2D eigenvalue weighted by atomic mass is 79.9. The highest BCUT2D eigenvalue weighted by molar-refractivity contribution is 9.11. The van der Waals surface area contributed by atoms with Crippen molar-refractivity contribution in [2.45, 2.75) is 6.92 Å². The van der Waals surface area contributed by atoms with Crippen LogP contribution in [0.4, 0.5) is 0 Å². The summed E-state index contributed by atoms with van der Waals surface area (Å²) in [5.74, 6) is 0.701. The smallest absolute Gasteiger partial charge is 0.262 e. The van der Waals surface area contributed by atoms with E-state index in [1.807, 2.05) is 19.1 Å². The lowest BCUT2D eigenvalue weighted by Gasteiger charge is -2.00. The normalized spacial score (nSPS) is 10.8. The third kappa shape index (κ3) is 2.84. The predicted molar refractivity (Wildman–Crippen MR) is 84.8 cm³/mol. The Morgan fingerprint density at radius 3 is 2.76 bits per heavy atom. The van der Waals surface area contributed by atoms with Crippen LogP contribution in [0.5, 0.6) is 5.75 Å². The largest absolute Gasteiger partial charge is 0.507 e. The van der Waals surface area contributed by atoms with Crippen molar-refractivity contribution in [3.05, 3.63) is 45.0 Å². The second-order valence-corrected chi connectivity index (χ2v) is 6.20. The van der Waals surface area contributed by atoms with Gasteiger partial charge in [-0.15, -0.1) is 0 Å². The van der Waals surface area contributed by atoms with Crippen LogP contribution in [0, 0.1) is 6.92 Å². The molecule has 0 aliphatic heterocycles. The summed E-state index contributed by atoms with van der Waals surface area (Å²) in [4.78, 5) is 8.55. The van der Waals surface area contributed by atoms with Gasteiger partial charge in [-0.2, -0.15) is 4.98 Å². The maximum atomic E-state index is 9.90. The van der Waals surface area contributed by atoms with Crippen LogP contribution in [0.15, 0.2) is 43.9 Å². The first kappa shape index (κ1) is 14.2. The summed E-state index contributed by atoms with van der Waals surface area (Å²) in [5.41, 5.74) is 2.06. The van der Waals surface area contributed by atoms with E-state index in [9.17, 15) is 5.11 Å². The second-order valence-electron chi connectivity index (χ2n) is 4.43. The number of phenols is 1. The monoisotopic (exact) mass is 409 g/mol. The third-order valence-electron chi connectivity index (χ3n) is 2.83. The molecule has 3 aromatic rings. The number of hydrogen-bond acceptors (Lipinski definition) is 5. The van der Waals surface area contributed by atoms with Crippen molar-refractivity contribution in [3.8, 4) is 28.7 Å². The number of aryl methyl sites for hydroxylation is 1. The number of pyridine rings is 1. The van der Waals surface area contributed by atoms with Gasteiger partial charge < -0.3 is 9.63 Å². The summed E-state index contributed by atoms with van der Waals surface area (Å²) in [7, 11) is 0. The Bertz CT molecular complexity index is 818. The van der Waals surface area contributed by atoms with Gasteiger partial charge in [0.1, 0.15) is 11.4 Å². The number of rotatable bonds is 2. The number of phenolic OH excluding ortho intramolecular Hbond substituents is 1. The minimum absolute atomic E-state index is 0.0960. The van der Waals surface area contributed by atoms with Crippen LogP contribution in [0.1, 0.15) is 5.56 Å². The molecule has 0 radical (unpaired) electrons. The van der Waals surface area contributed by atoms with Crippen molar-refractivity contribution < 1.29 is 9.63 Å². The van der Waals surface area contributed by atoms with E-state index >= 15 is 0 Å². The molecule has 0 fully saturated rings. The molecule has 0 spiro atoms. The number of nitrogens with zero attached hydrogens (tertiary/aromatic N) is 3. The van der Waals surface area contributed by atoms with Gasteiger partial charge in [0.15, 0.2) is 0 Å². The van der Waals surface area contributed by atoms with Crippen LogP contribution in [0.3, 0.4) is 0 Å². The van der Waals surface area contributed by atoms with Gasteiger partial charge in [0.05, 0.1) is 5.56 Å². The molecule has 0 saturated heterocycles. The zero-order valence-corrected chi connectivity index (χ0v) is 14.0. The molecule has 2 aromatic heterocycles. The number of aromatic nitrogens is 3. The van der Waals surface area contributed by atoms with Crippen molar-refractivity contribution >= 4 is 31.9 Å². The van der Waals surface area contributed by atoms with Crippen molar-refractivity contribution in [1.82, 2.24) is 15.1 Å². The molecule has 2 heterocycles. The average Bonchev–Trinajstić information content (AvgIpc) is 2.91. The maximum absolute atomic E-state index is 9.90. The van der Waals surface area contributed by atoms with E-state index in [-0.39, 0.29) is 11.6 Å². The predicted octanol–water partition coefficient (Wildman–Crippen LogP) is 4.34. The van der Waals surface area contributed by atoms with Crippen LogP contribution < -0.4 is 0 Å². The van der Waals surface area contributed by atoms with Gasteiger partial charge in [0, 0.05) is 15.1 Å². The third-order valence-corrected chi connectivity index (χ3v) is 3.87. The van der Waals surface area contributed by atoms with Crippen LogP contribution in [-0.2, 0) is 0 Å². The molecule has 1 aromatic carbocycles. The molecule has 7 heteroatoms. The molecule has 106 valence electrons. The van der Waals surface area contributed by atoms with Crippen LogP contribution in [0.2, 0.25) is 0 Å². The summed E-state index contributed by atoms with van der Waals surface area (Å²) >= 11 is 6.75. The fraction of sp³-hybridized carbons (Fsp3) is 0.0714. The van der Waals surface area contributed by atoms with Crippen LogP contribution in [-0.4, -0.2) is 20.2 Å². The first-order valence-corrected chi connectivity index (χ1v) is 7.58. The first-order chi connectivity index (χ1) is 10.0. The van der Waals surface area contributed by atoms with Gasteiger partial charge in [-0.3, -0.25) is 4.98 Å². The Hall–Kier alpha value is -1.73. The quantitative estimate of drug-likeness (QED) is 0.680. The van der Waals surface area contributed by atoms with E-state index in [1.54, 1.807) is 18.3 Å². The van der Waals surface area contributed by atoms with Gasteiger partial charge in [-0.25, -0.2) is 0 Å². The lowest BCUT2D eigenvalue weighted by Crippen LogP contribution is -1.88. The Balaban J connectivity index is 2.06. The summed E-state index contributed by atoms with van der Waals surface area (Å²) in [6.07, 6.45) is 1.65. The van der Waals surface area contributed by atoms with Crippen molar-refractivity contribution in [1.29, 1.82) is 0 Å². The zero-order chi connectivity index (χ0) is 15.0. The van der Waals surface area contributed by atoms with E-state index in [4.69, 9.17) is 4.52 Å². The van der Waals surface area contributed by atoms with Crippen LogP contribution >= 0.6 is 31.9 Å². The molecular formula is C14H9Br2N3O2. The summed E-state index contributed by atoms with van der Waals surface area (Å²) in [5, 5.41) is 13.8. The van der Waals surface area contributed by atoms with Crippen LogP contribution in [0.25, 0.3) is 23.0 Å². The molecule has 0 saturated carbocycles. The van der Waals surface area contributed by atoms with Gasteiger partial charge >= 0.3 is 0 Å². The molecule has 0 aliphatic carbocycles. The maximum Gasteiger partial charge on any atom is 0.262 e. The van der Waals surface area contributed by atoms with Gasteiger partial charge in [-0.1, -0.05) is 16.8 Å². The SMILES string of the molecule is Cc1ccc(O)c(-c2nc(-c3ncc(Br)cc3Br)no2)c1. The Morgan fingerprint density at radius 2 is 2.00 bits per heavy atom. The van der Waals surface area contributed by atoms with E-state index in [1.165, 1.54) is 0 Å². The minimum Gasteiger partial charge on any atom is -0.507 e. The number of halogens is 2. The molecule has 0 unspecified atom stereocenters. The standard InChI is InChI=1S/C14H9Br2N3O2/c1-7-2-3-11(20)9(4-7)14-18-13(19-21-14)12-10(16)5-8(15)6-17-12/h2-6,20H,1H3. The van der Waals surface area contributed by atoms with Crippen molar-refractivity contribution in [2.75, 3.05) is 0 Å². The highest BCUT2D eigenvalue weighted by Crippen LogP contribution is 2.32. The van der Waals surface area contributed by atoms with E-state index in [0.717, 1.165) is 14.5 Å². The van der Waals surface area contributed by atoms with Crippen molar-refractivity contribution in [3.63, 3.8) is 0 Å². The number of benzene rings is 1. The minimum atomic E-state index is 0.0960. The van der Waals surface area contributed by atoms with Gasteiger partial charge in [-0.05, 0) is 57.0 Å². The number of aromatic hydroxyl groups is 1. The highest BCUT2D eigenvalue weighted by Gasteiger charge is 2.16. The Morgan fingerprint density at radius 1 is 1.19 bits per heavy atom. The second kappa shape index (κ2) is 5.57.